The Morgan fingerprint density at radius 1 is 1.42 bits per heavy atom. The van der Waals surface area contributed by atoms with Crippen molar-refractivity contribution in [3.8, 4) is 17.2 Å². The van der Waals surface area contributed by atoms with Crippen LogP contribution in [0.2, 0.25) is 0 Å². The highest BCUT2D eigenvalue weighted by Gasteiger charge is 2.07. The van der Waals surface area contributed by atoms with Gasteiger partial charge in [-0.05, 0) is 17.7 Å². The van der Waals surface area contributed by atoms with Crippen LogP contribution in [0.15, 0.2) is 18.7 Å². The van der Waals surface area contributed by atoms with Crippen LogP contribution >= 0.6 is 0 Å². The summed E-state index contributed by atoms with van der Waals surface area (Å²) in [5.41, 5.74) is 0.696. The van der Waals surface area contributed by atoms with Crippen molar-refractivity contribution < 1.29 is 14.9 Å². The number of rotatable bonds is 2. The molecule has 0 heterocycles. The van der Waals surface area contributed by atoms with Gasteiger partial charge >= 0.3 is 0 Å². The van der Waals surface area contributed by atoms with Crippen LogP contribution in [0.25, 0.3) is 6.08 Å². The average molecular weight is 166 g/mol. The Kier molecular flexibility index (Phi) is 2.24. The monoisotopic (exact) mass is 166 g/mol. The molecular weight excluding hydrogens is 156 g/mol. The minimum Gasteiger partial charge on any atom is -0.504 e. The number of methoxy groups -OCH3 is 1. The molecule has 0 saturated carbocycles. The number of phenolic OH excluding ortho intramolecular Hbond substituents is 2. The van der Waals surface area contributed by atoms with Gasteiger partial charge in [-0.3, -0.25) is 0 Å². The fourth-order valence-electron chi connectivity index (χ4n) is 0.887. The molecule has 1 aromatic rings. The zero-order valence-corrected chi connectivity index (χ0v) is 6.74. The van der Waals surface area contributed by atoms with E-state index in [1.165, 1.54) is 13.2 Å². The van der Waals surface area contributed by atoms with E-state index in [2.05, 4.69) is 6.58 Å². The largest absolute Gasteiger partial charge is 0.504 e. The standard InChI is InChI=1S/C9H10O3/c1-3-6-4-7(10)9(11)8(5-6)12-2/h3-5,10-11H,1H2,2H3. The number of aromatic hydroxyl groups is 2. The summed E-state index contributed by atoms with van der Waals surface area (Å²) in [7, 11) is 1.42. The van der Waals surface area contributed by atoms with Crippen LogP contribution in [-0.2, 0) is 0 Å². The van der Waals surface area contributed by atoms with E-state index in [1.807, 2.05) is 0 Å². The molecule has 0 amide bonds. The number of benzene rings is 1. The van der Waals surface area contributed by atoms with E-state index in [4.69, 9.17) is 9.84 Å². The second-order valence-corrected chi connectivity index (χ2v) is 2.30. The number of hydrogen-bond acceptors (Lipinski definition) is 3. The van der Waals surface area contributed by atoms with Gasteiger partial charge in [0.25, 0.3) is 0 Å². The molecule has 12 heavy (non-hydrogen) atoms. The van der Waals surface area contributed by atoms with Crippen LogP contribution < -0.4 is 4.74 Å². The molecule has 3 heteroatoms. The summed E-state index contributed by atoms with van der Waals surface area (Å²) in [5.74, 6) is -0.211. The first kappa shape index (κ1) is 8.46. The molecule has 0 saturated heterocycles. The summed E-state index contributed by atoms with van der Waals surface area (Å²) in [6.07, 6.45) is 1.56. The summed E-state index contributed by atoms with van der Waals surface area (Å²) >= 11 is 0. The van der Waals surface area contributed by atoms with E-state index in [0.29, 0.717) is 5.56 Å². The molecule has 0 unspecified atom stereocenters. The van der Waals surface area contributed by atoms with Crippen molar-refractivity contribution in [1.82, 2.24) is 0 Å². The lowest BCUT2D eigenvalue weighted by Gasteiger charge is -2.05. The summed E-state index contributed by atoms with van der Waals surface area (Å²) < 4.78 is 4.81. The van der Waals surface area contributed by atoms with Crippen LogP contribution in [0, 0.1) is 0 Å². The topological polar surface area (TPSA) is 49.7 Å². The van der Waals surface area contributed by atoms with E-state index in [-0.39, 0.29) is 17.2 Å². The fourth-order valence-corrected chi connectivity index (χ4v) is 0.887. The minimum absolute atomic E-state index is 0.204. The molecule has 3 nitrogen and oxygen atoms in total. The summed E-state index contributed by atoms with van der Waals surface area (Å²) in [4.78, 5) is 0. The van der Waals surface area contributed by atoms with Crippen LogP contribution in [-0.4, -0.2) is 17.3 Å². The number of hydrogen-bond donors (Lipinski definition) is 2. The maximum Gasteiger partial charge on any atom is 0.200 e. The molecule has 0 aliphatic heterocycles. The lowest BCUT2D eigenvalue weighted by Crippen LogP contribution is -1.84. The maximum atomic E-state index is 9.21. The van der Waals surface area contributed by atoms with Gasteiger partial charge in [-0.1, -0.05) is 12.7 Å². The molecule has 0 aromatic heterocycles. The Bertz CT molecular complexity index is 305. The lowest BCUT2D eigenvalue weighted by atomic mass is 10.2. The Morgan fingerprint density at radius 3 is 2.58 bits per heavy atom. The second-order valence-electron chi connectivity index (χ2n) is 2.30. The van der Waals surface area contributed by atoms with E-state index < -0.39 is 0 Å². The lowest BCUT2D eigenvalue weighted by molar-refractivity contribution is 0.351. The van der Waals surface area contributed by atoms with Gasteiger partial charge in [0.15, 0.2) is 11.5 Å². The summed E-state index contributed by atoms with van der Waals surface area (Å²) in [5, 5.41) is 18.4. The molecule has 0 radical (unpaired) electrons. The van der Waals surface area contributed by atoms with Crippen molar-refractivity contribution in [1.29, 1.82) is 0 Å². The van der Waals surface area contributed by atoms with E-state index in [9.17, 15) is 5.11 Å². The van der Waals surface area contributed by atoms with Crippen LogP contribution in [0.1, 0.15) is 5.56 Å². The predicted octanol–water partition coefficient (Wildman–Crippen LogP) is 1.75. The van der Waals surface area contributed by atoms with Crippen molar-refractivity contribution in [2.24, 2.45) is 0 Å². The highest BCUT2D eigenvalue weighted by atomic mass is 16.5. The van der Waals surface area contributed by atoms with Gasteiger partial charge in [0.2, 0.25) is 5.75 Å². The first-order valence-corrected chi connectivity index (χ1v) is 3.41. The van der Waals surface area contributed by atoms with Gasteiger partial charge in [0, 0.05) is 0 Å². The molecule has 0 aliphatic rings. The van der Waals surface area contributed by atoms with Crippen molar-refractivity contribution in [2.75, 3.05) is 7.11 Å². The van der Waals surface area contributed by atoms with Gasteiger partial charge in [0.1, 0.15) is 0 Å². The quantitative estimate of drug-likeness (QED) is 0.658. The second kappa shape index (κ2) is 3.17. The zero-order chi connectivity index (χ0) is 9.14. The zero-order valence-electron chi connectivity index (χ0n) is 6.74. The SMILES string of the molecule is C=Cc1cc(O)c(O)c(OC)c1. The molecule has 2 N–H and O–H groups in total. The van der Waals surface area contributed by atoms with Crippen molar-refractivity contribution >= 4 is 6.08 Å². The summed E-state index contributed by atoms with van der Waals surface area (Å²) in [6, 6.07) is 2.99. The molecular formula is C9H10O3. The van der Waals surface area contributed by atoms with E-state index in [1.54, 1.807) is 12.1 Å². The van der Waals surface area contributed by atoms with Crippen LogP contribution in [0.4, 0.5) is 0 Å². The minimum atomic E-state index is -0.247. The molecule has 0 aliphatic carbocycles. The molecule has 64 valence electrons. The Morgan fingerprint density at radius 2 is 2.08 bits per heavy atom. The molecule has 0 fully saturated rings. The predicted molar refractivity (Wildman–Crippen MR) is 46.4 cm³/mol. The van der Waals surface area contributed by atoms with Crippen molar-refractivity contribution in [2.45, 2.75) is 0 Å². The maximum absolute atomic E-state index is 9.21. The Balaban J connectivity index is 3.28. The third-order valence-electron chi connectivity index (χ3n) is 1.53. The number of ether oxygens (including phenoxy) is 1. The fraction of sp³-hybridized carbons (Fsp3) is 0.111. The normalized spacial score (nSPS) is 9.42. The molecule has 0 bridgehead atoms. The van der Waals surface area contributed by atoms with Gasteiger partial charge in [-0.15, -0.1) is 0 Å². The first-order valence-electron chi connectivity index (χ1n) is 3.41. The average Bonchev–Trinajstić information content (AvgIpc) is 2.09. The van der Waals surface area contributed by atoms with Crippen molar-refractivity contribution in [3.63, 3.8) is 0 Å². The van der Waals surface area contributed by atoms with Gasteiger partial charge in [0.05, 0.1) is 7.11 Å². The van der Waals surface area contributed by atoms with Gasteiger partial charge in [-0.2, -0.15) is 0 Å². The smallest absolute Gasteiger partial charge is 0.200 e. The molecule has 0 spiro atoms. The Labute approximate surface area is 70.5 Å². The number of phenols is 2. The Hall–Kier alpha value is -1.64. The van der Waals surface area contributed by atoms with Gasteiger partial charge < -0.3 is 14.9 Å². The van der Waals surface area contributed by atoms with Crippen LogP contribution in [0.5, 0.6) is 17.2 Å². The van der Waals surface area contributed by atoms with E-state index >= 15 is 0 Å². The van der Waals surface area contributed by atoms with E-state index in [0.717, 1.165) is 0 Å². The highest BCUT2D eigenvalue weighted by molar-refractivity contribution is 5.60. The third kappa shape index (κ3) is 1.34. The highest BCUT2D eigenvalue weighted by Crippen LogP contribution is 2.36. The summed E-state index contributed by atoms with van der Waals surface area (Å²) in [6.45, 7) is 3.53. The van der Waals surface area contributed by atoms with Crippen LogP contribution in [0.3, 0.4) is 0 Å². The molecule has 1 rings (SSSR count). The first-order chi connectivity index (χ1) is 5.69. The van der Waals surface area contributed by atoms with Gasteiger partial charge in [-0.25, -0.2) is 0 Å². The molecule has 1 aromatic carbocycles. The third-order valence-corrected chi connectivity index (χ3v) is 1.53. The van der Waals surface area contributed by atoms with Crippen molar-refractivity contribution in [3.05, 3.63) is 24.3 Å². The molecule has 0 atom stereocenters.